The third-order valence-corrected chi connectivity index (χ3v) is 3.41. The zero-order chi connectivity index (χ0) is 14.8. The van der Waals surface area contributed by atoms with Crippen LogP contribution in [0.25, 0.3) is 11.0 Å². The predicted octanol–water partition coefficient (Wildman–Crippen LogP) is 3.12. The molecular weight excluding hydrogens is 271 g/mol. The fourth-order valence-corrected chi connectivity index (χ4v) is 2.38. The Kier molecular flexibility index (Phi) is 3.39. The molecule has 106 valence electrons. The number of para-hydroxylation sites is 1. The van der Waals surface area contributed by atoms with Crippen molar-refractivity contribution in [1.82, 2.24) is 9.55 Å². The summed E-state index contributed by atoms with van der Waals surface area (Å²) in [4.78, 5) is 15.3. The van der Waals surface area contributed by atoms with Gasteiger partial charge in [-0.3, -0.25) is 0 Å². The van der Waals surface area contributed by atoms with E-state index in [9.17, 15) is 9.18 Å². The summed E-state index contributed by atoms with van der Waals surface area (Å²) in [5, 5.41) is 9.14. The van der Waals surface area contributed by atoms with E-state index in [4.69, 9.17) is 5.11 Å². The molecule has 1 heterocycles. The van der Waals surface area contributed by atoms with Crippen LogP contribution in [0.2, 0.25) is 0 Å². The number of hydrogen-bond donors (Lipinski definition) is 1. The number of aryl methyl sites for hydroxylation is 2. The van der Waals surface area contributed by atoms with Gasteiger partial charge in [-0.15, -0.1) is 0 Å². The summed E-state index contributed by atoms with van der Waals surface area (Å²) in [6, 6.07) is 11.5. The molecule has 0 fully saturated rings. The number of carboxylic acid groups (broad SMARTS) is 1. The van der Waals surface area contributed by atoms with E-state index in [1.165, 1.54) is 18.2 Å². The molecule has 0 aliphatic heterocycles. The Labute approximate surface area is 120 Å². The number of carbonyl (C=O) groups is 1. The molecule has 21 heavy (non-hydrogen) atoms. The van der Waals surface area contributed by atoms with Crippen molar-refractivity contribution in [2.45, 2.75) is 13.0 Å². The van der Waals surface area contributed by atoms with E-state index in [2.05, 4.69) is 4.98 Å². The summed E-state index contributed by atoms with van der Waals surface area (Å²) in [5.74, 6) is -1.24. The van der Waals surface area contributed by atoms with Gasteiger partial charge in [-0.05, 0) is 36.2 Å². The Morgan fingerprint density at radius 3 is 2.81 bits per heavy atom. The van der Waals surface area contributed by atoms with Crippen molar-refractivity contribution in [3.8, 4) is 0 Å². The summed E-state index contributed by atoms with van der Waals surface area (Å²) in [7, 11) is 0. The zero-order valence-electron chi connectivity index (χ0n) is 11.2. The maximum Gasteiger partial charge on any atom is 0.337 e. The third kappa shape index (κ3) is 2.63. The Morgan fingerprint density at radius 1 is 1.24 bits per heavy atom. The number of nitrogens with zero attached hydrogens (tertiary/aromatic N) is 2. The average molecular weight is 284 g/mol. The minimum atomic E-state index is -0.990. The molecule has 0 aliphatic rings. The second kappa shape index (κ2) is 5.36. The Balaban J connectivity index is 1.88. The lowest BCUT2D eigenvalue weighted by Crippen LogP contribution is -2.01. The first-order valence-corrected chi connectivity index (χ1v) is 6.57. The molecule has 0 saturated heterocycles. The van der Waals surface area contributed by atoms with Crippen LogP contribution in [0, 0.1) is 5.82 Å². The van der Waals surface area contributed by atoms with Gasteiger partial charge in [-0.25, -0.2) is 14.2 Å². The number of imidazole rings is 1. The molecule has 0 saturated carbocycles. The zero-order valence-corrected chi connectivity index (χ0v) is 11.2. The van der Waals surface area contributed by atoms with E-state index in [1.54, 1.807) is 18.5 Å². The van der Waals surface area contributed by atoms with Gasteiger partial charge in [-0.2, -0.15) is 0 Å². The molecule has 1 N–H and O–H groups in total. The van der Waals surface area contributed by atoms with Crippen molar-refractivity contribution in [1.29, 1.82) is 0 Å². The van der Waals surface area contributed by atoms with E-state index in [-0.39, 0.29) is 11.4 Å². The fourth-order valence-electron chi connectivity index (χ4n) is 2.38. The third-order valence-electron chi connectivity index (χ3n) is 3.41. The minimum Gasteiger partial charge on any atom is -0.478 e. The standard InChI is InChI=1S/C16H13FN2O2/c17-12-4-1-3-11(9-12)7-8-19-10-18-15-13(16(20)21)5-2-6-14(15)19/h1-6,9-10H,7-8H2,(H,20,21). The molecule has 5 heteroatoms. The molecule has 3 rings (SSSR count). The van der Waals surface area contributed by atoms with Crippen molar-refractivity contribution in [2.24, 2.45) is 0 Å². The lowest BCUT2D eigenvalue weighted by molar-refractivity contribution is 0.0699. The SMILES string of the molecule is O=C(O)c1cccc2c1ncn2CCc1cccc(F)c1. The van der Waals surface area contributed by atoms with Crippen LogP contribution < -0.4 is 0 Å². The van der Waals surface area contributed by atoms with Crippen LogP contribution in [0.1, 0.15) is 15.9 Å². The maximum atomic E-state index is 13.1. The number of fused-ring (bicyclic) bond motifs is 1. The van der Waals surface area contributed by atoms with Crippen LogP contribution >= 0.6 is 0 Å². The molecule has 2 aromatic carbocycles. The van der Waals surface area contributed by atoms with Crippen LogP contribution in [-0.4, -0.2) is 20.6 Å². The molecule has 1 aromatic heterocycles. The molecule has 0 aliphatic carbocycles. The summed E-state index contributed by atoms with van der Waals surface area (Å²) < 4.78 is 15.0. The molecule has 0 atom stereocenters. The van der Waals surface area contributed by atoms with Crippen molar-refractivity contribution in [2.75, 3.05) is 0 Å². The summed E-state index contributed by atoms with van der Waals surface area (Å²) in [5.41, 5.74) is 2.33. The first-order chi connectivity index (χ1) is 10.1. The average Bonchev–Trinajstić information content (AvgIpc) is 2.88. The Morgan fingerprint density at radius 2 is 2.05 bits per heavy atom. The second-order valence-corrected chi connectivity index (χ2v) is 4.80. The van der Waals surface area contributed by atoms with Gasteiger partial charge in [0.05, 0.1) is 17.4 Å². The first-order valence-electron chi connectivity index (χ1n) is 6.57. The van der Waals surface area contributed by atoms with Crippen LogP contribution in [0.5, 0.6) is 0 Å². The van der Waals surface area contributed by atoms with Crippen LogP contribution in [0.15, 0.2) is 48.8 Å². The Bertz CT molecular complexity index is 811. The van der Waals surface area contributed by atoms with E-state index in [0.717, 1.165) is 11.1 Å². The summed E-state index contributed by atoms with van der Waals surface area (Å²) in [6.45, 7) is 0.614. The van der Waals surface area contributed by atoms with Gasteiger partial charge in [0.15, 0.2) is 0 Å². The first kappa shape index (κ1) is 13.3. The van der Waals surface area contributed by atoms with Gasteiger partial charge in [0.25, 0.3) is 0 Å². The number of aromatic nitrogens is 2. The highest BCUT2D eigenvalue weighted by molar-refractivity contribution is 6.00. The van der Waals surface area contributed by atoms with E-state index >= 15 is 0 Å². The van der Waals surface area contributed by atoms with Gasteiger partial charge >= 0.3 is 5.97 Å². The Hall–Kier alpha value is -2.69. The summed E-state index contributed by atoms with van der Waals surface area (Å²) >= 11 is 0. The molecule has 0 amide bonds. The predicted molar refractivity (Wildman–Crippen MR) is 76.8 cm³/mol. The van der Waals surface area contributed by atoms with E-state index < -0.39 is 5.97 Å². The highest BCUT2D eigenvalue weighted by Crippen LogP contribution is 2.18. The summed E-state index contributed by atoms with van der Waals surface area (Å²) in [6.07, 6.45) is 2.27. The quantitative estimate of drug-likeness (QED) is 0.801. The van der Waals surface area contributed by atoms with Gasteiger partial charge in [0.2, 0.25) is 0 Å². The largest absolute Gasteiger partial charge is 0.478 e. The van der Waals surface area contributed by atoms with Gasteiger partial charge < -0.3 is 9.67 Å². The molecular formula is C16H13FN2O2. The van der Waals surface area contributed by atoms with Crippen molar-refractivity contribution in [3.63, 3.8) is 0 Å². The van der Waals surface area contributed by atoms with Crippen LogP contribution in [-0.2, 0) is 13.0 Å². The molecule has 0 unspecified atom stereocenters. The van der Waals surface area contributed by atoms with E-state index in [0.29, 0.717) is 18.5 Å². The fraction of sp³-hybridized carbons (Fsp3) is 0.125. The second-order valence-electron chi connectivity index (χ2n) is 4.80. The number of halogens is 1. The highest BCUT2D eigenvalue weighted by Gasteiger charge is 2.12. The highest BCUT2D eigenvalue weighted by atomic mass is 19.1. The monoisotopic (exact) mass is 284 g/mol. The molecule has 4 nitrogen and oxygen atoms in total. The topological polar surface area (TPSA) is 55.1 Å². The molecule has 0 spiro atoms. The normalized spacial score (nSPS) is 10.9. The van der Waals surface area contributed by atoms with Gasteiger partial charge in [0, 0.05) is 6.54 Å². The molecule has 0 radical (unpaired) electrons. The number of carboxylic acids is 1. The van der Waals surface area contributed by atoms with Gasteiger partial charge in [-0.1, -0.05) is 18.2 Å². The smallest absolute Gasteiger partial charge is 0.337 e. The number of aromatic carboxylic acids is 1. The van der Waals surface area contributed by atoms with Gasteiger partial charge in [0.1, 0.15) is 11.3 Å². The van der Waals surface area contributed by atoms with Crippen LogP contribution in [0.3, 0.4) is 0 Å². The number of benzene rings is 2. The van der Waals surface area contributed by atoms with Crippen molar-refractivity contribution in [3.05, 3.63) is 65.7 Å². The van der Waals surface area contributed by atoms with Crippen LogP contribution in [0.4, 0.5) is 4.39 Å². The number of hydrogen-bond acceptors (Lipinski definition) is 2. The van der Waals surface area contributed by atoms with E-state index in [1.807, 2.05) is 16.7 Å². The van der Waals surface area contributed by atoms with Crippen molar-refractivity contribution >= 4 is 17.0 Å². The lowest BCUT2D eigenvalue weighted by atomic mass is 10.1. The molecule has 3 aromatic rings. The van der Waals surface area contributed by atoms with Crippen molar-refractivity contribution < 1.29 is 14.3 Å². The lowest BCUT2D eigenvalue weighted by Gasteiger charge is -2.05. The number of rotatable bonds is 4. The maximum absolute atomic E-state index is 13.1. The minimum absolute atomic E-state index is 0.192. The molecule has 0 bridgehead atoms.